The van der Waals surface area contributed by atoms with Crippen molar-refractivity contribution in [3.8, 4) is 11.5 Å². The molecule has 5 aliphatic rings. The van der Waals surface area contributed by atoms with Gasteiger partial charge in [0.05, 0.1) is 90.5 Å². The molecule has 776 valence electrons. The van der Waals surface area contributed by atoms with Crippen LogP contribution in [0.15, 0.2) is 152 Å². The van der Waals surface area contributed by atoms with Gasteiger partial charge in [0.2, 0.25) is 23.8 Å². The first kappa shape index (κ1) is 102. The van der Waals surface area contributed by atoms with Gasteiger partial charge in [-0.25, -0.2) is 62.5 Å². The minimum Gasteiger partial charge on any atom is -0.485 e. The van der Waals surface area contributed by atoms with E-state index in [0.29, 0.717) is 17.1 Å². The molecule has 62 nitrogen and oxygen atoms in total. The summed E-state index contributed by atoms with van der Waals surface area (Å²) < 4.78 is 186. The predicted octanol–water partition coefficient (Wildman–Crippen LogP) is 1.81. The summed E-state index contributed by atoms with van der Waals surface area (Å²) >= 11 is 0. The molecule has 0 radical (unpaired) electrons. The van der Waals surface area contributed by atoms with Crippen LogP contribution in [0, 0.1) is 6.92 Å². The number of phosphoric ester groups is 5. The Morgan fingerprint density at radius 3 is 1.16 bits per heavy atom. The number of phosphoric acid groups is 5. The van der Waals surface area contributed by atoms with E-state index in [4.69, 9.17) is 112 Å². The maximum atomic E-state index is 14.8. The van der Waals surface area contributed by atoms with Crippen molar-refractivity contribution >= 4 is 125 Å². The minimum atomic E-state index is -5.71. The van der Waals surface area contributed by atoms with Gasteiger partial charge in [-0.05, 0) is 35.7 Å². The fourth-order valence-corrected chi connectivity index (χ4v) is 21.7. The summed E-state index contributed by atoms with van der Waals surface area (Å²) in [5, 5.41) is 11.0. The van der Waals surface area contributed by atoms with E-state index in [1.165, 1.54) is 33.1 Å². The van der Waals surface area contributed by atoms with Crippen molar-refractivity contribution in [1.82, 2.24) is 107 Å². The van der Waals surface area contributed by atoms with Crippen molar-refractivity contribution in [2.45, 2.75) is 164 Å². The van der Waals surface area contributed by atoms with Gasteiger partial charge in [-0.15, -0.1) is 0 Å². The summed E-state index contributed by atoms with van der Waals surface area (Å²) in [4.78, 5) is 193. The number of hydrogen-bond acceptors (Lipinski definition) is 46. The molecule has 16 heterocycles. The number of rotatable bonds is 42. The van der Waals surface area contributed by atoms with Gasteiger partial charge in [0.15, 0.2) is 67.6 Å². The van der Waals surface area contributed by atoms with Crippen molar-refractivity contribution in [2.24, 2.45) is 0 Å². The highest BCUT2D eigenvalue weighted by Crippen LogP contribution is 2.57. The second kappa shape index (κ2) is 41.8. The molecule has 20 unspecified atom stereocenters. The summed E-state index contributed by atoms with van der Waals surface area (Å²) in [6, 6.07) is 24.0. The predicted molar refractivity (Wildman–Crippen MR) is 496 cm³/mol. The maximum Gasteiger partial charge on any atom is 0.472 e. The SMILES string of the molecule is Cc1cn(C2CC(OP(=O)(O)OCC3OC(n4cnc5c(=O)[nH]c(N)nc54)CC3OP(=O)(O)OCC3OC(n4cnc5c(=O)[nH]c(N)nc54)CC3OP(=O)(O)OCC3OC(n4cnc5c(=O)[nH]c(N)nc54)CC3OP(=O)(O)OCC3OC(n4cnc5c(N)ncnc54)CC3OP(=O)(O)OC[C@@H](O)Cn3cnc4c(=O)[nH]c(N)nc43)C(COCc3ccc(OCc4ccccc4)c(OCc4ccccc4)c3)O2)c(=O)[nH]c1=O. The highest BCUT2D eigenvalue weighted by Gasteiger charge is 2.52. The summed E-state index contributed by atoms with van der Waals surface area (Å²) in [5.41, 5.74) is 26.0. The molecule has 0 saturated carbocycles. The number of nitrogens with two attached hydrogens (primary N) is 5. The van der Waals surface area contributed by atoms with Gasteiger partial charge in [-0.3, -0.25) is 117 Å². The summed E-state index contributed by atoms with van der Waals surface area (Å²) in [5.74, 6) is -0.716. The van der Waals surface area contributed by atoms with Crippen LogP contribution in [0.25, 0.3) is 55.8 Å². The number of H-pyrrole nitrogens is 5. The van der Waals surface area contributed by atoms with E-state index in [0.717, 1.165) is 56.5 Å². The van der Waals surface area contributed by atoms with Crippen molar-refractivity contribution in [3.63, 3.8) is 0 Å². The number of aromatic nitrogens is 22. The van der Waals surface area contributed by atoms with Crippen molar-refractivity contribution in [3.05, 3.63) is 208 Å². The fourth-order valence-electron chi connectivity index (χ4n) is 16.9. The zero-order valence-electron chi connectivity index (χ0n) is 75.6. The van der Waals surface area contributed by atoms with Crippen molar-refractivity contribution in [1.29, 1.82) is 0 Å². The van der Waals surface area contributed by atoms with Crippen LogP contribution in [0.2, 0.25) is 0 Å². The molecule has 0 amide bonds. The normalized spacial score (nSPS) is 24.6. The molecule has 21 N–H and O–H groups in total. The third-order valence-corrected chi connectivity index (χ3v) is 28.7. The summed E-state index contributed by atoms with van der Waals surface area (Å²) in [6.45, 7) is -4.35. The summed E-state index contributed by atoms with van der Waals surface area (Å²) in [6.07, 6.45) is -19.5. The van der Waals surface area contributed by atoms with Crippen molar-refractivity contribution < 1.29 is 136 Å². The second-order valence-corrected chi connectivity index (χ2v) is 40.8. The Hall–Kier alpha value is -12.8. The van der Waals surface area contributed by atoms with Gasteiger partial charge in [-0.2, -0.15) is 19.9 Å². The van der Waals surface area contributed by atoms with E-state index in [1.54, 1.807) is 18.2 Å². The summed E-state index contributed by atoms with van der Waals surface area (Å²) in [7, 11) is -27.8. The maximum absolute atomic E-state index is 14.8. The van der Waals surface area contributed by atoms with E-state index in [-0.39, 0.29) is 118 Å². The zero-order chi connectivity index (χ0) is 103. The minimum absolute atomic E-state index is 0.0413. The lowest BCUT2D eigenvalue weighted by Gasteiger charge is -2.26. The standard InChI is InChI=1S/C79H90N27O35P5/c1-37-20-102(79(113)100-70(37)108)54-15-44(49(132-54)26-124-22-40-12-13-42(125-23-38-8-4-2-5-9-38)43(14-40)126-24-39-10-6-3-7-11-39)137-143(116,117)128-28-51-46(17-56(134-51)104-34-89-61-67(104)93-76(82)97-72(61)110)140-145(120,121)130-30-53-48(19-58(136-53)106-36-91-63-69(106)95-78(84)99-74(63)112)141-146(122,123)131-29-52-47(18-57(135-52)105-35-90-62-68(105)94-77(83)98-73(62)111)139-144(118,119)129-27-50-45(16-55(133-50)103-33-88-59-64(80)85-31-86-65(59)103)138-142(114,115)127-25-41(107)21-101-32-87-60-66(101)92-75(81)96-71(60)109/h2-14,20,31-36,41,44-58,107H,15-19,21-30H2,1H3,(H,114,115)(H,116,117)(H,118,119)(H,120,121)(H,122,123)(H2,80,85,86)(H,100,108,113)(H3,81,92,96,109)(H3,82,93,97,110)(H3,83,94,98,111)(H3,84,95,99,112)/t41-,44?,45?,46?,47?,48?,49?,50?,51?,52?,53?,54?,55?,56?,57?,58?/m0/s1. The third-order valence-electron chi connectivity index (χ3n) is 23.7. The lowest BCUT2D eigenvalue weighted by molar-refractivity contribution is -0.0711. The van der Waals surface area contributed by atoms with Crippen LogP contribution in [0.3, 0.4) is 0 Å². The van der Waals surface area contributed by atoms with Crippen LogP contribution in [-0.4, -0.2) is 244 Å². The molecule has 5 aliphatic heterocycles. The lowest BCUT2D eigenvalue weighted by atomic mass is 10.2. The first-order valence-electron chi connectivity index (χ1n) is 44.1. The molecule has 5 fully saturated rings. The number of aromatic amines is 5. The largest absolute Gasteiger partial charge is 0.485 e. The van der Waals surface area contributed by atoms with E-state index in [1.807, 2.05) is 60.7 Å². The average molecular weight is 2130 g/mol. The highest BCUT2D eigenvalue weighted by molar-refractivity contribution is 7.48. The molecule has 19 rings (SSSR count). The Balaban J connectivity index is 0.547. The molecule has 14 aromatic rings. The van der Waals surface area contributed by atoms with Gasteiger partial charge in [0.25, 0.3) is 27.8 Å². The Morgan fingerprint density at radius 2 is 0.747 bits per heavy atom. The number of ether oxygens (including phenoxy) is 8. The van der Waals surface area contributed by atoms with Gasteiger partial charge in [-0.1, -0.05) is 66.7 Å². The third kappa shape index (κ3) is 23.1. The molecular formula is C79H90N27O35P5. The van der Waals surface area contributed by atoms with E-state index in [9.17, 15) is 81.2 Å². The zero-order valence-corrected chi connectivity index (χ0v) is 80.1. The number of nitrogens with zero attached hydrogens (tertiary/aromatic N) is 17. The number of benzene rings is 3. The van der Waals surface area contributed by atoms with Crippen LogP contribution in [0.5, 0.6) is 11.5 Å². The number of aryl methyl sites for hydroxylation is 1. The fraction of sp³-hybridized carbons (Fsp3) is 0.405. The number of aliphatic hydroxyl groups is 1. The molecule has 146 heavy (non-hydrogen) atoms. The average Bonchev–Trinajstić information content (AvgIpc) is 1.63. The Bertz CT molecular complexity index is 7870. The molecule has 0 aliphatic carbocycles. The van der Waals surface area contributed by atoms with E-state index in [2.05, 4.69) is 79.7 Å². The topological polar surface area (TPSA) is 856 Å². The molecule has 0 spiro atoms. The van der Waals surface area contributed by atoms with Crippen LogP contribution in [-0.2, 0) is 123 Å². The van der Waals surface area contributed by atoms with E-state index >= 15 is 0 Å². The molecule has 67 heteroatoms. The molecule has 3 aromatic carbocycles. The van der Waals surface area contributed by atoms with Crippen LogP contribution in [0.4, 0.5) is 29.6 Å². The first-order valence-corrected chi connectivity index (χ1v) is 51.6. The van der Waals surface area contributed by atoms with E-state index < -0.39 is 242 Å². The molecule has 0 bridgehead atoms. The van der Waals surface area contributed by atoms with Gasteiger partial charge >= 0.3 is 44.8 Å². The number of nitrogens with one attached hydrogen (secondary N) is 5. The number of hydrogen-bond donors (Lipinski definition) is 16. The Labute approximate surface area is 814 Å². The number of fused-ring (bicyclic) bond motifs is 5. The quantitative estimate of drug-likeness (QED) is 0.0243. The highest BCUT2D eigenvalue weighted by atomic mass is 31.2. The number of imidazole rings is 5. The van der Waals surface area contributed by atoms with Gasteiger partial charge < -0.3 is 101 Å². The first-order chi connectivity index (χ1) is 69.7. The van der Waals surface area contributed by atoms with Crippen LogP contribution in [0.1, 0.15) is 85.5 Å². The Morgan fingerprint density at radius 1 is 0.390 bits per heavy atom. The number of aliphatic hydroxyl groups excluding tert-OH is 1. The molecule has 5 saturated heterocycles. The lowest BCUT2D eigenvalue weighted by Crippen LogP contribution is -2.33. The van der Waals surface area contributed by atoms with Crippen LogP contribution >= 0.6 is 39.1 Å². The molecule has 11 aromatic heterocycles. The molecule has 21 atom stereocenters. The van der Waals surface area contributed by atoms with Gasteiger partial charge in [0, 0.05) is 43.9 Å². The van der Waals surface area contributed by atoms with Crippen LogP contribution < -0.4 is 71.6 Å². The van der Waals surface area contributed by atoms with Crippen molar-refractivity contribution in [2.75, 3.05) is 68.3 Å². The second-order valence-electron chi connectivity index (χ2n) is 33.8. The molecular weight excluding hydrogens is 2040 g/mol. The smallest absolute Gasteiger partial charge is 0.472 e. The van der Waals surface area contributed by atoms with Gasteiger partial charge in [0.1, 0.15) is 117 Å². The number of anilines is 5. The monoisotopic (exact) mass is 2130 g/mol. The number of nitrogen functional groups attached to an aromatic ring is 5. The Kier molecular flexibility index (Phi) is 29.2.